The molecule has 3 unspecified atom stereocenters. The zero-order valence-corrected chi connectivity index (χ0v) is 18.3. The maximum absolute atomic E-state index is 12.3. The van der Waals surface area contributed by atoms with Crippen molar-refractivity contribution < 1.29 is 15.0 Å². The van der Waals surface area contributed by atoms with Crippen LogP contribution in [0.3, 0.4) is 0 Å². The Morgan fingerprint density at radius 3 is 2.60 bits per heavy atom. The molecule has 3 rings (SSSR count). The molecule has 0 radical (unpaired) electrons. The number of carbonyl (C=O) groups is 1. The van der Waals surface area contributed by atoms with Gasteiger partial charge in [0.05, 0.1) is 0 Å². The molecule has 2 aromatic rings. The van der Waals surface area contributed by atoms with Crippen molar-refractivity contribution in [2.24, 2.45) is 5.92 Å². The topological polar surface area (TPSA) is 72.8 Å². The molecule has 1 aliphatic heterocycles. The van der Waals surface area contributed by atoms with Crippen LogP contribution in [0.2, 0.25) is 0 Å². The molecule has 1 saturated heterocycles. The lowest BCUT2D eigenvalue weighted by Crippen LogP contribution is -2.51. The summed E-state index contributed by atoms with van der Waals surface area (Å²) in [7, 11) is 0. The highest BCUT2D eigenvalue weighted by Crippen LogP contribution is 2.40. The van der Waals surface area contributed by atoms with Gasteiger partial charge in [0.2, 0.25) is 5.91 Å². The van der Waals surface area contributed by atoms with Crippen molar-refractivity contribution in [3.05, 3.63) is 59.7 Å². The van der Waals surface area contributed by atoms with Gasteiger partial charge in [-0.3, -0.25) is 4.79 Å². The Morgan fingerprint density at radius 1 is 1.20 bits per heavy atom. The number of carbonyl (C=O) groups excluding carboxylic acids is 1. The second kappa shape index (κ2) is 9.52. The Hall–Kier alpha value is -2.53. The summed E-state index contributed by atoms with van der Waals surface area (Å²) in [4.78, 5) is 14.7. The number of likely N-dealkylation sites (tertiary alicyclic amines) is 1. The van der Waals surface area contributed by atoms with Gasteiger partial charge in [-0.2, -0.15) is 0 Å². The quantitative estimate of drug-likeness (QED) is 0.649. The van der Waals surface area contributed by atoms with Crippen LogP contribution in [0.15, 0.2) is 48.5 Å². The van der Waals surface area contributed by atoms with Gasteiger partial charge in [-0.15, -0.1) is 0 Å². The second-order valence-electron chi connectivity index (χ2n) is 9.01. The minimum Gasteiger partial charge on any atom is -0.508 e. The van der Waals surface area contributed by atoms with Crippen LogP contribution in [0.1, 0.15) is 44.7 Å². The first-order valence-electron chi connectivity index (χ1n) is 10.9. The van der Waals surface area contributed by atoms with Crippen LogP contribution in [-0.4, -0.2) is 46.7 Å². The molecular weight excluding hydrogens is 376 g/mol. The Labute approximate surface area is 179 Å². The molecule has 0 aliphatic carbocycles. The lowest BCUT2D eigenvalue weighted by Gasteiger charge is -2.45. The van der Waals surface area contributed by atoms with Gasteiger partial charge in [0.15, 0.2) is 0 Å². The number of hydrogen-bond acceptors (Lipinski definition) is 4. The van der Waals surface area contributed by atoms with Gasteiger partial charge in [0.1, 0.15) is 11.5 Å². The first kappa shape index (κ1) is 22.2. The minimum absolute atomic E-state index is 0.0475. The van der Waals surface area contributed by atoms with Crippen molar-refractivity contribution in [1.29, 1.82) is 0 Å². The lowest BCUT2D eigenvalue weighted by molar-refractivity contribution is -0.121. The van der Waals surface area contributed by atoms with E-state index in [9.17, 15) is 15.0 Å². The Bertz CT molecular complexity index is 852. The standard InChI is InChI=1S/C25H34N2O3/c1-18-16-27(14-13-25(18,3)21-5-4-6-23(29)15-21)17-19(2)26-24(30)12-9-20-7-10-22(28)11-8-20/h4-8,10-11,15,18-19,28-29H,9,12-14,16-17H2,1-3H3,(H,26,30). The number of hydrogen-bond donors (Lipinski definition) is 3. The first-order valence-corrected chi connectivity index (χ1v) is 10.9. The van der Waals surface area contributed by atoms with Gasteiger partial charge in [-0.25, -0.2) is 0 Å². The fraction of sp³-hybridized carbons (Fsp3) is 0.480. The van der Waals surface area contributed by atoms with Crippen molar-refractivity contribution in [3.63, 3.8) is 0 Å². The molecule has 0 aromatic heterocycles. The number of benzene rings is 2. The molecule has 0 saturated carbocycles. The number of phenols is 2. The van der Waals surface area contributed by atoms with Crippen molar-refractivity contribution in [3.8, 4) is 11.5 Å². The smallest absolute Gasteiger partial charge is 0.220 e. The van der Waals surface area contributed by atoms with E-state index in [-0.39, 0.29) is 23.1 Å². The van der Waals surface area contributed by atoms with E-state index in [4.69, 9.17) is 0 Å². The molecule has 0 spiro atoms. The van der Waals surface area contributed by atoms with Gasteiger partial charge in [0, 0.05) is 25.6 Å². The molecule has 1 heterocycles. The Balaban J connectivity index is 1.46. The number of aromatic hydroxyl groups is 2. The van der Waals surface area contributed by atoms with E-state index < -0.39 is 0 Å². The average Bonchev–Trinajstić information content (AvgIpc) is 2.70. The Kier molecular flexibility index (Phi) is 7.03. The summed E-state index contributed by atoms with van der Waals surface area (Å²) in [6.07, 6.45) is 2.14. The summed E-state index contributed by atoms with van der Waals surface area (Å²) in [5.41, 5.74) is 2.29. The van der Waals surface area contributed by atoms with Crippen LogP contribution in [0.25, 0.3) is 0 Å². The zero-order valence-electron chi connectivity index (χ0n) is 18.3. The normalized spacial score (nSPS) is 23.1. The predicted molar refractivity (Wildman–Crippen MR) is 120 cm³/mol. The average molecular weight is 411 g/mol. The fourth-order valence-electron chi connectivity index (χ4n) is 4.47. The number of amides is 1. The maximum atomic E-state index is 12.3. The van der Waals surface area contributed by atoms with E-state index >= 15 is 0 Å². The van der Waals surface area contributed by atoms with Crippen molar-refractivity contribution in [2.75, 3.05) is 19.6 Å². The monoisotopic (exact) mass is 410 g/mol. The summed E-state index contributed by atoms with van der Waals surface area (Å²) in [6.45, 7) is 9.41. The van der Waals surface area contributed by atoms with Gasteiger partial charge in [0.25, 0.3) is 0 Å². The van der Waals surface area contributed by atoms with Crippen LogP contribution in [-0.2, 0) is 16.6 Å². The molecule has 5 nitrogen and oxygen atoms in total. The SMILES string of the molecule is CC(CN1CCC(C)(c2cccc(O)c2)C(C)C1)NC(=O)CCc1ccc(O)cc1. The van der Waals surface area contributed by atoms with Gasteiger partial charge < -0.3 is 20.4 Å². The van der Waals surface area contributed by atoms with Crippen molar-refractivity contribution in [2.45, 2.75) is 51.5 Å². The van der Waals surface area contributed by atoms with E-state index in [1.165, 1.54) is 5.56 Å². The number of phenolic OH excluding ortho intramolecular Hbond substituents is 2. The maximum Gasteiger partial charge on any atom is 0.220 e. The van der Waals surface area contributed by atoms with Crippen LogP contribution < -0.4 is 5.32 Å². The summed E-state index contributed by atoms with van der Waals surface area (Å²) in [5.74, 6) is 1.08. The predicted octanol–water partition coefficient (Wildman–Crippen LogP) is 3.83. The summed E-state index contributed by atoms with van der Waals surface area (Å²) in [5, 5.41) is 22.3. The molecule has 1 amide bonds. The van der Waals surface area contributed by atoms with Crippen molar-refractivity contribution in [1.82, 2.24) is 10.2 Å². The largest absolute Gasteiger partial charge is 0.508 e. The molecule has 5 heteroatoms. The molecule has 30 heavy (non-hydrogen) atoms. The van der Waals surface area contributed by atoms with E-state index in [0.717, 1.165) is 31.6 Å². The third kappa shape index (κ3) is 5.54. The van der Waals surface area contributed by atoms with E-state index in [2.05, 4.69) is 37.1 Å². The molecule has 1 fully saturated rings. The van der Waals surface area contributed by atoms with E-state index in [0.29, 0.717) is 24.5 Å². The van der Waals surface area contributed by atoms with E-state index in [1.54, 1.807) is 18.2 Å². The van der Waals surface area contributed by atoms with Crippen LogP contribution in [0.4, 0.5) is 0 Å². The number of rotatable bonds is 7. The Morgan fingerprint density at radius 2 is 1.93 bits per heavy atom. The molecule has 2 aromatic carbocycles. The first-order chi connectivity index (χ1) is 14.3. The number of aryl methyl sites for hydroxylation is 1. The molecule has 1 aliphatic rings. The van der Waals surface area contributed by atoms with Crippen LogP contribution in [0, 0.1) is 5.92 Å². The second-order valence-corrected chi connectivity index (χ2v) is 9.01. The number of nitrogens with zero attached hydrogens (tertiary/aromatic N) is 1. The molecule has 162 valence electrons. The van der Waals surface area contributed by atoms with E-state index in [1.807, 2.05) is 24.3 Å². The third-order valence-corrected chi connectivity index (χ3v) is 6.59. The zero-order chi connectivity index (χ0) is 21.7. The molecule has 0 bridgehead atoms. The summed E-state index contributed by atoms with van der Waals surface area (Å²) >= 11 is 0. The molecular formula is C25H34N2O3. The summed E-state index contributed by atoms with van der Waals surface area (Å²) < 4.78 is 0. The summed E-state index contributed by atoms with van der Waals surface area (Å²) in [6, 6.07) is 14.7. The number of nitrogens with one attached hydrogen (secondary N) is 1. The number of piperidine rings is 1. The highest BCUT2D eigenvalue weighted by molar-refractivity contribution is 5.76. The minimum atomic E-state index is 0.0475. The molecule has 3 N–H and O–H groups in total. The van der Waals surface area contributed by atoms with Crippen LogP contribution >= 0.6 is 0 Å². The van der Waals surface area contributed by atoms with Crippen LogP contribution in [0.5, 0.6) is 11.5 Å². The fourth-order valence-corrected chi connectivity index (χ4v) is 4.47. The lowest BCUT2D eigenvalue weighted by atomic mass is 9.68. The highest BCUT2D eigenvalue weighted by atomic mass is 16.3. The third-order valence-electron chi connectivity index (χ3n) is 6.59. The van der Waals surface area contributed by atoms with Crippen molar-refractivity contribution >= 4 is 5.91 Å². The van der Waals surface area contributed by atoms with Gasteiger partial charge >= 0.3 is 0 Å². The van der Waals surface area contributed by atoms with Gasteiger partial charge in [-0.05, 0) is 73.0 Å². The highest BCUT2D eigenvalue weighted by Gasteiger charge is 2.38. The van der Waals surface area contributed by atoms with Gasteiger partial charge in [-0.1, -0.05) is 38.1 Å². The molecule has 3 atom stereocenters.